The fraction of sp³-hybridized carbons (Fsp3) is 0.0545. The van der Waals surface area contributed by atoms with E-state index in [1.165, 1.54) is 72.0 Å². The van der Waals surface area contributed by atoms with Gasteiger partial charge in [0, 0.05) is 236 Å². The second kappa shape index (κ2) is 52.8. The maximum absolute atomic E-state index is 10.4. The number of fused-ring (bicyclic) bond motifs is 25. The van der Waals surface area contributed by atoms with E-state index in [1.54, 1.807) is 93.1 Å². The van der Waals surface area contributed by atoms with Crippen LogP contribution in [0.5, 0.6) is 11.5 Å². The fourth-order valence-corrected chi connectivity index (χ4v) is 25.7. The first-order valence-corrected chi connectivity index (χ1v) is 59.7. The van der Waals surface area contributed by atoms with E-state index in [9.17, 15) is 14.7 Å². The van der Waals surface area contributed by atoms with E-state index in [-0.39, 0.29) is 78.8 Å². The monoisotopic (exact) mass is 2840 g/mol. The van der Waals surface area contributed by atoms with Crippen LogP contribution in [0.2, 0.25) is 35.2 Å². The van der Waals surface area contributed by atoms with Crippen LogP contribution < -0.4 is 22.2 Å². The molecule has 9 heterocycles. The molecule has 17 aromatic carbocycles. The van der Waals surface area contributed by atoms with Crippen molar-refractivity contribution in [3.8, 4) is 22.6 Å². The number of hydrogen-bond acceptors (Lipinski definition) is 17. The summed E-state index contributed by atoms with van der Waals surface area (Å²) in [7, 11) is -1.60. The molecule has 0 saturated carbocycles. The smallest absolute Gasteiger partial charge is 0.492 e. The number of halogens is 13. The van der Waals surface area contributed by atoms with Crippen molar-refractivity contribution in [2.24, 2.45) is 0 Å². The van der Waals surface area contributed by atoms with Crippen LogP contribution in [-0.4, -0.2) is 63.3 Å². The minimum absolute atomic E-state index is 0. The zero-order valence-corrected chi connectivity index (χ0v) is 99.4. The average molecular weight is 2850 g/mol. The number of para-hydroxylation sites is 5. The number of phenolic OH excluding ortho intramolecular Hbond substituents is 2. The van der Waals surface area contributed by atoms with E-state index in [1.807, 2.05) is 165 Å². The second-order valence-electron chi connectivity index (χ2n) is 30.7. The topological polar surface area (TPSA) is 222 Å². The van der Waals surface area contributed by atoms with Gasteiger partial charge in [0.25, 0.3) is 0 Å². The van der Waals surface area contributed by atoms with Crippen LogP contribution in [0.4, 0.5) is 22.7 Å². The van der Waals surface area contributed by atoms with Crippen LogP contribution in [0.15, 0.2) is 335 Å². The molecule has 9 N–H and O–H groups in total. The Labute approximate surface area is 980 Å². The Bertz CT molecular complexity index is 8710. The molecule has 0 aliphatic carbocycles. The zero-order valence-electron chi connectivity index (χ0n) is 75.7. The Morgan fingerprint density at radius 3 is 1.15 bits per heavy atom. The van der Waals surface area contributed by atoms with E-state index in [0.29, 0.717) is 30.2 Å². The molecule has 1 aliphatic heterocycles. The predicted octanol–water partition coefficient (Wildman–Crippen LogP) is 38.7. The number of carbonyl (C=O) groups excluding carboxylic acids is 2. The number of hydrogen-bond donors (Lipinski definition) is 7. The maximum atomic E-state index is 10.4. The first-order chi connectivity index (χ1) is 69.0. The van der Waals surface area contributed by atoms with Crippen LogP contribution >= 0.6 is 263 Å². The van der Waals surface area contributed by atoms with Gasteiger partial charge in [-0.15, -0.1) is 56.7 Å². The van der Waals surface area contributed by atoms with E-state index < -0.39 is 7.12 Å². The van der Waals surface area contributed by atoms with Gasteiger partial charge in [-0.05, 0) is 152 Å². The van der Waals surface area contributed by atoms with E-state index in [4.69, 9.17) is 133 Å². The van der Waals surface area contributed by atoms with Crippen molar-refractivity contribution in [1.29, 1.82) is 0 Å². The minimum atomic E-state index is -1.60. The molecule has 25 aromatic rings. The van der Waals surface area contributed by atoms with Gasteiger partial charge >= 0.3 is 7.12 Å². The number of phenols is 2. The number of thiophene rings is 5. The van der Waals surface area contributed by atoms with Crippen molar-refractivity contribution in [2.75, 3.05) is 36.5 Å². The quantitative estimate of drug-likeness (QED) is 0.0166. The molecule has 26 rings (SSSR count). The second-order valence-corrected chi connectivity index (χ2v) is 40.3. The van der Waals surface area contributed by atoms with E-state index >= 15 is 0 Å². The first-order valence-electron chi connectivity index (χ1n) is 42.9. The van der Waals surface area contributed by atoms with E-state index in [0.717, 1.165) is 154 Å². The van der Waals surface area contributed by atoms with E-state index in [2.05, 4.69) is 246 Å². The number of anilines is 4. The summed E-state index contributed by atoms with van der Waals surface area (Å²) in [6, 6.07) is 105. The number of furan rings is 3. The SMILES string of the molecule is CI.CI.CI.CI.Clc1cc(Cl)c2c(sc3ccccc32)c1I.Clc1cc2oc3ccccc3c2c2sc3ccccc3c12.Nc1c(Cl)cc(Cl)c2c1sc1ccccc12.Nc1cccc2c1sc1ccccc12.O=C1CCC(=O)N1Cl.OB(O)c1ccccc1O.Oc1ccccc1-c1c(Cl)cc(Cl)c2c1sc1ccccc12.[Cu].[Tc].c1ccc2c(c1)oc1cc(Nc3ccc4c(c3)oc3ccccc34)ccc12. The number of benzene rings is 17. The summed E-state index contributed by atoms with van der Waals surface area (Å²) in [5, 5.41) is 62.8. The summed E-state index contributed by atoms with van der Waals surface area (Å²) in [6.07, 6.45) is 0.532. The van der Waals surface area contributed by atoms with Crippen LogP contribution in [0.1, 0.15) is 12.8 Å². The molecule has 0 unspecified atom stereocenters. The van der Waals surface area contributed by atoms with Crippen LogP contribution in [0.25, 0.3) is 178 Å². The molecule has 1 saturated heterocycles. The molecule has 734 valence electrons. The van der Waals surface area contributed by atoms with Crippen molar-refractivity contribution in [1.82, 2.24) is 4.42 Å². The van der Waals surface area contributed by atoms with Gasteiger partial charge in [0.2, 0.25) is 11.8 Å². The molecule has 0 spiro atoms. The summed E-state index contributed by atoms with van der Waals surface area (Å²) >= 11 is 68.6. The molecule has 1 fully saturated rings. The van der Waals surface area contributed by atoms with Gasteiger partial charge in [-0.2, -0.15) is 4.42 Å². The number of nitrogen functional groups attached to an aromatic ring is 2. The standard InChI is InChI=1S/C24H15NO2.C18H10Cl2OS.C18H9ClOS.C12H5Cl2IS.C12H7Cl2NS.C12H9NS.C6H7BO3.C4H4ClNO2.4CH3I.Cu.Tc/c1-3-7-21-17(5-1)19-11-9-15(13-23(19)26-21)25-16-10-12-20-18-6-2-4-8-22(18)27-24(20)14-16;19-12-9-13(20)17-11-6-2-4-8-15(11)22-18(17)16(12)10-5-1-3-7-14(10)21;19-12-9-14-17(10-5-1-3-7-13(10)20-14)18-16(12)11-6-2-4-8-15(11)21-18;2*13-7-5-8(14)11(15)12-10(7)6-3-1-2-4-9(6)16-12;13-10-6-3-5-9-8-4-1-2-7-11(8)14-12(9)10;8-6-4-2-1-3-5(6)7(9)10;5-6-3(7)1-2-4(6)8;4*1-2;;/h1-14,25H;1-9,21H;1-9H;1-5H;1-5H,15H2;1-7H,13H2;1-4,8-10H;1-2H2;4*1H3;;. The van der Waals surface area contributed by atoms with Crippen molar-refractivity contribution in [3.63, 3.8) is 0 Å². The Morgan fingerprint density at radius 1 is 0.333 bits per heavy atom. The van der Waals surface area contributed by atoms with Crippen molar-refractivity contribution in [3.05, 3.63) is 360 Å². The molecule has 0 bridgehead atoms. The molecule has 34 heteroatoms. The number of nitrogens with one attached hydrogen (secondary N) is 1. The third-order valence-corrected chi connectivity index (χ3v) is 32.7. The molecule has 1 aliphatic rings. The van der Waals surface area contributed by atoms with Crippen LogP contribution in [0, 0.1) is 3.57 Å². The zero-order chi connectivity index (χ0) is 101. The first kappa shape index (κ1) is 114. The van der Waals surface area contributed by atoms with Gasteiger partial charge in [0.15, 0.2) is 0 Å². The summed E-state index contributed by atoms with van der Waals surface area (Å²) in [6.45, 7) is 0. The number of rotatable bonds is 4. The Kier molecular flexibility index (Phi) is 41.7. The van der Waals surface area contributed by atoms with Gasteiger partial charge in [0.1, 0.15) is 45.0 Å². The summed E-state index contributed by atoms with van der Waals surface area (Å²) in [4.78, 5) is 28.6. The minimum Gasteiger partial charge on any atom is -0.508 e. The van der Waals surface area contributed by atoms with Crippen molar-refractivity contribution in [2.45, 2.75) is 12.8 Å². The van der Waals surface area contributed by atoms with Crippen LogP contribution in [0.3, 0.4) is 0 Å². The number of amides is 2. The Balaban J connectivity index is 0.000000139. The third-order valence-electron chi connectivity index (χ3n) is 22.4. The molecule has 2 radical (unpaired) electrons. The maximum Gasteiger partial charge on any atom is 0.492 e. The fourth-order valence-electron chi connectivity index (χ4n) is 16.2. The normalized spacial score (nSPS) is 11.3. The van der Waals surface area contributed by atoms with Crippen molar-refractivity contribution < 1.29 is 80.3 Å². The van der Waals surface area contributed by atoms with Crippen LogP contribution in [-0.2, 0) is 46.8 Å². The summed E-state index contributed by atoms with van der Waals surface area (Å²) in [5.41, 5.74) is 22.4. The van der Waals surface area contributed by atoms with Gasteiger partial charge in [-0.3, -0.25) is 9.59 Å². The van der Waals surface area contributed by atoms with Gasteiger partial charge < -0.3 is 50.3 Å². The van der Waals surface area contributed by atoms with Gasteiger partial charge in [0.05, 0.1) is 54.9 Å². The average Bonchev–Trinajstić information content (AvgIpc) is 1.57. The van der Waals surface area contributed by atoms with Gasteiger partial charge in [-0.1, -0.05) is 366 Å². The van der Waals surface area contributed by atoms with Crippen molar-refractivity contribution >= 4 is 476 Å². The Hall–Kier alpha value is -7.50. The molecule has 8 aromatic heterocycles. The molecule has 0 atom stereocenters. The molecule has 2 amide bonds. The van der Waals surface area contributed by atoms with Gasteiger partial charge in [-0.25, -0.2) is 0 Å². The molecular formula is C110H78BCl8CuI5N4O9S5Tc. The predicted molar refractivity (Wildman–Crippen MR) is 663 cm³/mol. The molecule has 13 nitrogen and oxygen atoms in total. The number of aromatic hydroxyl groups is 2. The third kappa shape index (κ3) is 24.7. The number of nitrogens with two attached hydrogens (primary N) is 2. The summed E-state index contributed by atoms with van der Waals surface area (Å²) < 4.78 is 31.3. The summed E-state index contributed by atoms with van der Waals surface area (Å²) in [5.74, 6) is -0.476. The Morgan fingerprint density at radius 2 is 0.681 bits per heavy atom. The number of alkyl halides is 4. The number of nitrogens with zero attached hydrogens (tertiary/aromatic N) is 1. The number of carbonyl (C=O) groups is 2. The molecule has 144 heavy (non-hydrogen) atoms. The largest absolute Gasteiger partial charge is 0.508 e. The number of imide groups is 1. The molecular weight excluding hydrogens is 2770 g/mol.